The highest BCUT2D eigenvalue weighted by molar-refractivity contribution is 5.97. The summed E-state index contributed by atoms with van der Waals surface area (Å²) in [5.74, 6) is -0.119. The van der Waals surface area contributed by atoms with Crippen LogP contribution in [0.1, 0.15) is 5.56 Å². The zero-order valence-corrected chi connectivity index (χ0v) is 9.76. The van der Waals surface area contributed by atoms with Crippen molar-refractivity contribution in [3.8, 4) is 0 Å². The first kappa shape index (κ1) is 10.8. The van der Waals surface area contributed by atoms with Gasteiger partial charge >= 0.3 is 5.97 Å². The fourth-order valence-corrected chi connectivity index (χ4v) is 2.03. The van der Waals surface area contributed by atoms with Crippen LogP contribution in [-0.2, 0) is 14.3 Å². The van der Waals surface area contributed by atoms with Crippen molar-refractivity contribution in [3.05, 3.63) is 53.8 Å². The Hall–Kier alpha value is -2.29. The summed E-state index contributed by atoms with van der Waals surface area (Å²) in [4.78, 5) is 11.5. The van der Waals surface area contributed by atoms with Gasteiger partial charge in [0.05, 0.1) is 0 Å². The van der Waals surface area contributed by atoms with Crippen molar-refractivity contribution < 1.29 is 14.3 Å². The molecule has 2 aromatic carbocycles. The maximum absolute atomic E-state index is 11.5. The van der Waals surface area contributed by atoms with E-state index in [-0.39, 0.29) is 5.76 Å². The molecule has 0 atom stereocenters. The number of carbonyl (C=O) groups is 1. The second-order valence-electron chi connectivity index (χ2n) is 4.06. The van der Waals surface area contributed by atoms with Crippen LogP contribution in [0.4, 0.5) is 0 Å². The van der Waals surface area contributed by atoms with Crippen LogP contribution < -0.4 is 0 Å². The number of benzene rings is 2. The van der Waals surface area contributed by atoms with E-state index in [4.69, 9.17) is 9.47 Å². The van der Waals surface area contributed by atoms with Gasteiger partial charge in [0.1, 0.15) is 13.2 Å². The average molecular weight is 240 g/mol. The summed E-state index contributed by atoms with van der Waals surface area (Å²) in [5.41, 5.74) is 0.960. The van der Waals surface area contributed by atoms with Crippen molar-refractivity contribution >= 4 is 22.8 Å². The van der Waals surface area contributed by atoms with E-state index in [0.717, 1.165) is 16.3 Å². The van der Waals surface area contributed by atoms with Crippen LogP contribution in [0.25, 0.3) is 16.8 Å². The number of ether oxygens (including phenoxy) is 2. The summed E-state index contributed by atoms with van der Waals surface area (Å²) >= 11 is 0. The molecule has 0 radical (unpaired) electrons. The highest BCUT2D eigenvalue weighted by Gasteiger charge is 2.18. The maximum Gasteiger partial charge on any atom is 0.373 e. The summed E-state index contributed by atoms with van der Waals surface area (Å²) in [7, 11) is 0. The van der Waals surface area contributed by atoms with Gasteiger partial charge in [-0.05, 0) is 22.4 Å². The maximum atomic E-state index is 11.5. The zero-order valence-electron chi connectivity index (χ0n) is 9.76. The van der Waals surface area contributed by atoms with E-state index in [1.165, 1.54) is 0 Å². The third-order valence-corrected chi connectivity index (χ3v) is 2.89. The van der Waals surface area contributed by atoms with Crippen molar-refractivity contribution in [1.82, 2.24) is 0 Å². The molecule has 0 spiro atoms. The van der Waals surface area contributed by atoms with Crippen LogP contribution in [0, 0.1) is 0 Å². The molecule has 0 saturated carbocycles. The molecule has 3 nitrogen and oxygen atoms in total. The van der Waals surface area contributed by atoms with Crippen LogP contribution >= 0.6 is 0 Å². The molecule has 3 rings (SSSR count). The van der Waals surface area contributed by atoms with E-state index in [1.54, 1.807) is 6.08 Å². The first-order valence-electron chi connectivity index (χ1n) is 5.84. The number of rotatable bonds is 1. The molecule has 0 N–H and O–H groups in total. The Morgan fingerprint density at radius 2 is 1.72 bits per heavy atom. The van der Waals surface area contributed by atoms with E-state index in [9.17, 15) is 4.79 Å². The standard InChI is InChI=1S/C15H12O3/c16-15-14(17-8-9-18-15)10-12-6-3-5-11-4-1-2-7-13(11)12/h1-7,10H,8-9H2/b14-10-. The van der Waals surface area contributed by atoms with Gasteiger partial charge in [-0.3, -0.25) is 0 Å². The van der Waals surface area contributed by atoms with E-state index < -0.39 is 5.97 Å². The molecule has 18 heavy (non-hydrogen) atoms. The molecule has 1 aliphatic heterocycles. The lowest BCUT2D eigenvalue weighted by molar-refractivity contribution is -0.150. The largest absolute Gasteiger partial charge is 0.483 e. The second kappa shape index (κ2) is 4.53. The number of carbonyl (C=O) groups excluding carboxylic acids is 1. The van der Waals surface area contributed by atoms with Crippen LogP contribution in [0.2, 0.25) is 0 Å². The summed E-state index contributed by atoms with van der Waals surface area (Å²) in [6.45, 7) is 0.744. The van der Waals surface area contributed by atoms with Crippen LogP contribution in [0.5, 0.6) is 0 Å². The average Bonchev–Trinajstić information content (AvgIpc) is 2.42. The van der Waals surface area contributed by atoms with E-state index in [1.807, 2.05) is 42.5 Å². The molecule has 0 unspecified atom stereocenters. The molecule has 2 aromatic rings. The first-order valence-corrected chi connectivity index (χ1v) is 5.84. The van der Waals surface area contributed by atoms with E-state index in [2.05, 4.69) is 0 Å². The molecular formula is C15H12O3. The fourth-order valence-electron chi connectivity index (χ4n) is 2.03. The Labute approximate surface area is 105 Å². The number of cyclic esters (lactones) is 1. The van der Waals surface area contributed by atoms with Crippen molar-refractivity contribution in [2.75, 3.05) is 13.2 Å². The molecule has 1 fully saturated rings. The van der Waals surface area contributed by atoms with Gasteiger partial charge in [-0.25, -0.2) is 4.79 Å². The van der Waals surface area contributed by atoms with Gasteiger partial charge < -0.3 is 9.47 Å². The SMILES string of the molecule is O=C1OCCO/C1=C\c1cccc2ccccc12. The lowest BCUT2D eigenvalue weighted by Gasteiger charge is -2.15. The lowest BCUT2D eigenvalue weighted by atomic mass is 10.0. The Bertz CT molecular complexity index is 623. The highest BCUT2D eigenvalue weighted by Crippen LogP contribution is 2.22. The second-order valence-corrected chi connectivity index (χ2v) is 4.06. The highest BCUT2D eigenvalue weighted by atomic mass is 16.6. The van der Waals surface area contributed by atoms with Crippen LogP contribution in [0.15, 0.2) is 48.2 Å². The minimum atomic E-state index is -0.394. The topological polar surface area (TPSA) is 35.5 Å². The van der Waals surface area contributed by atoms with Gasteiger partial charge in [0.15, 0.2) is 0 Å². The van der Waals surface area contributed by atoms with Crippen molar-refractivity contribution in [1.29, 1.82) is 0 Å². The molecule has 0 aromatic heterocycles. The third kappa shape index (κ3) is 1.95. The fraction of sp³-hybridized carbons (Fsp3) is 0.133. The predicted molar refractivity (Wildman–Crippen MR) is 68.8 cm³/mol. The lowest BCUT2D eigenvalue weighted by Crippen LogP contribution is -2.21. The van der Waals surface area contributed by atoms with E-state index >= 15 is 0 Å². The van der Waals surface area contributed by atoms with Crippen molar-refractivity contribution in [2.24, 2.45) is 0 Å². The van der Waals surface area contributed by atoms with Gasteiger partial charge in [-0.2, -0.15) is 0 Å². The molecule has 0 aliphatic carbocycles. The van der Waals surface area contributed by atoms with Crippen LogP contribution in [-0.4, -0.2) is 19.2 Å². The van der Waals surface area contributed by atoms with Gasteiger partial charge in [0, 0.05) is 0 Å². The minimum Gasteiger partial charge on any atom is -0.483 e. The monoisotopic (exact) mass is 240 g/mol. The summed E-state index contributed by atoms with van der Waals surface area (Å²) < 4.78 is 10.3. The molecule has 0 amide bonds. The minimum absolute atomic E-state index is 0.276. The molecule has 1 saturated heterocycles. The van der Waals surface area contributed by atoms with Crippen molar-refractivity contribution in [2.45, 2.75) is 0 Å². The summed E-state index contributed by atoms with van der Waals surface area (Å²) in [6.07, 6.45) is 1.74. The number of hydrogen-bond acceptors (Lipinski definition) is 3. The number of hydrogen-bond donors (Lipinski definition) is 0. The Balaban J connectivity index is 2.09. The van der Waals surface area contributed by atoms with Crippen LogP contribution in [0.3, 0.4) is 0 Å². The smallest absolute Gasteiger partial charge is 0.373 e. The van der Waals surface area contributed by atoms with Crippen molar-refractivity contribution in [3.63, 3.8) is 0 Å². The first-order chi connectivity index (χ1) is 8.84. The molecular weight excluding hydrogens is 228 g/mol. The molecule has 3 heteroatoms. The normalized spacial score (nSPS) is 17.6. The summed E-state index contributed by atoms with van der Waals surface area (Å²) in [6, 6.07) is 14.0. The zero-order chi connectivity index (χ0) is 12.4. The number of fused-ring (bicyclic) bond motifs is 1. The Morgan fingerprint density at radius 3 is 2.61 bits per heavy atom. The molecule has 1 aliphatic rings. The van der Waals surface area contributed by atoms with Gasteiger partial charge in [0.2, 0.25) is 5.76 Å². The molecule has 1 heterocycles. The van der Waals surface area contributed by atoms with Gasteiger partial charge in [-0.1, -0.05) is 42.5 Å². The quantitative estimate of drug-likeness (QED) is 0.568. The third-order valence-electron chi connectivity index (χ3n) is 2.89. The Morgan fingerprint density at radius 1 is 0.944 bits per heavy atom. The predicted octanol–water partition coefficient (Wildman–Crippen LogP) is 2.75. The van der Waals surface area contributed by atoms with Gasteiger partial charge in [-0.15, -0.1) is 0 Å². The molecule has 90 valence electrons. The van der Waals surface area contributed by atoms with Gasteiger partial charge in [0.25, 0.3) is 0 Å². The molecule has 0 bridgehead atoms. The van der Waals surface area contributed by atoms with E-state index in [0.29, 0.717) is 13.2 Å². The Kier molecular flexibility index (Phi) is 2.73. The number of esters is 1. The summed E-state index contributed by atoms with van der Waals surface area (Å²) in [5, 5.41) is 2.23.